The van der Waals surface area contributed by atoms with E-state index in [4.69, 9.17) is 0 Å². The molecule has 0 spiro atoms. The van der Waals surface area contributed by atoms with Gasteiger partial charge < -0.3 is 15.2 Å². The summed E-state index contributed by atoms with van der Waals surface area (Å²) in [4.78, 5) is 4.58. The van der Waals surface area contributed by atoms with Crippen molar-refractivity contribution in [2.45, 2.75) is 26.3 Å². The highest BCUT2D eigenvalue weighted by atomic mass is 127. The maximum absolute atomic E-state index is 13.1. The molecule has 6 heteroatoms. The molecule has 0 atom stereocenters. The Balaban J connectivity index is 0.00000288. The Morgan fingerprint density at radius 3 is 2.71 bits per heavy atom. The zero-order chi connectivity index (χ0) is 16.5. The van der Waals surface area contributed by atoms with Gasteiger partial charge in [0.15, 0.2) is 5.96 Å². The van der Waals surface area contributed by atoms with Gasteiger partial charge in [-0.1, -0.05) is 12.1 Å². The Labute approximate surface area is 160 Å². The molecular weight excluding hydrogens is 418 g/mol. The third-order valence-corrected chi connectivity index (χ3v) is 3.48. The van der Waals surface area contributed by atoms with E-state index in [0.717, 1.165) is 37.5 Å². The lowest BCUT2D eigenvalue weighted by Crippen LogP contribution is -2.37. The van der Waals surface area contributed by atoms with Crippen molar-refractivity contribution in [1.82, 2.24) is 15.2 Å². The lowest BCUT2D eigenvalue weighted by molar-refractivity contribution is 0.624. The van der Waals surface area contributed by atoms with Crippen LogP contribution in [0.5, 0.6) is 0 Å². The number of benzene rings is 1. The Kier molecular flexibility index (Phi) is 9.44. The molecule has 1 aromatic heterocycles. The molecule has 0 saturated carbocycles. The summed E-state index contributed by atoms with van der Waals surface area (Å²) in [5.74, 6) is 0.642. The monoisotopic (exact) mass is 444 g/mol. The number of nitrogens with one attached hydrogen (secondary N) is 2. The van der Waals surface area contributed by atoms with E-state index in [1.54, 1.807) is 12.1 Å². The first kappa shape index (κ1) is 20.5. The van der Waals surface area contributed by atoms with Crippen LogP contribution >= 0.6 is 24.0 Å². The average molecular weight is 444 g/mol. The summed E-state index contributed by atoms with van der Waals surface area (Å²) in [5, 5.41) is 6.56. The molecule has 0 amide bonds. The molecule has 0 unspecified atom stereocenters. The fourth-order valence-corrected chi connectivity index (χ4v) is 2.36. The van der Waals surface area contributed by atoms with Crippen molar-refractivity contribution in [3.05, 3.63) is 59.7 Å². The molecule has 0 radical (unpaired) electrons. The topological polar surface area (TPSA) is 41.4 Å². The summed E-state index contributed by atoms with van der Waals surface area (Å²) in [6.45, 7) is 4.33. The van der Waals surface area contributed by atoms with Gasteiger partial charge in [-0.05, 0) is 49.1 Å². The summed E-state index contributed by atoms with van der Waals surface area (Å²) < 4.78 is 15.1. The summed E-state index contributed by atoms with van der Waals surface area (Å²) in [5.41, 5.74) is 2.21. The van der Waals surface area contributed by atoms with Crippen LogP contribution in [0.25, 0.3) is 0 Å². The summed E-state index contributed by atoms with van der Waals surface area (Å²) in [7, 11) is 2.00. The number of halogens is 2. The normalized spacial score (nSPS) is 11.0. The molecule has 0 bridgehead atoms. The van der Waals surface area contributed by atoms with Crippen molar-refractivity contribution in [3.63, 3.8) is 0 Å². The van der Waals surface area contributed by atoms with Crippen LogP contribution in [-0.2, 0) is 20.0 Å². The molecule has 1 heterocycles. The van der Waals surface area contributed by atoms with E-state index >= 15 is 0 Å². The number of aryl methyl sites for hydroxylation is 2. The predicted octanol–water partition coefficient (Wildman–Crippen LogP) is 3.47. The molecule has 0 fully saturated rings. The molecule has 0 aliphatic carbocycles. The zero-order valence-corrected chi connectivity index (χ0v) is 16.6. The number of hydrogen-bond donors (Lipinski definition) is 2. The molecule has 132 valence electrons. The van der Waals surface area contributed by atoms with Gasteiger partial charge in [0.2, 0.25) is 0 Å². The Morgan fingerprint density at radius 2 is 2.04 bits per heavy atom. The van der Waals surface area contributed by atoms with Crippen molar-refractivity contribution < 1.29 is 4.39 Å². The SMILES string of the molecule is CCNC(=NCc1ccn(C)c1)NCCCc1cccc(F)c1.I. The van der Waals surface area contributed by atoms with Crippen LogP contribution in [-0.4, -0.2) is 23.6 Å². The molecule has 0 aliphatic rings. The number of guanidine groups is 1. The second-order valence-corrected chi connectivity index (χ2v) is 5.54. The van der Waals surface area contributed by atoms with Crippen LogP contribution < -0.4 is 10.6 Å². The number of aliphatic imine (C=N–C) groups is 1. The second kappa shape index (κ2) is 11.1. The molecule has 1 aromatic carbocycles. The fourth-order valence-electron chi connectivity index (χ4n) is 2.36. The predicted molar refractivity (Wildman–Crippen MR) is 108 cm³/mol. The minimum atomic E-state index is -0.173. The van der Waals surface area contributed by atoms with Gasteiger partial charge in [-0.3, -0.25) is 0 Å². The molecule has 0 aliphatic heterocycles. The highest BCUT2D eigenvalue weighted by Gasteiger charge is 1.99. The quantitative estimate of drug-likeness (QED) is 0.297. The summed E-state index contributed by atoms with van der Waals surface area (Å²) in [6.07, 6.45) is 5.86. The third kappa shape index (κ3) is 7.33. The number of hydrogen-bond acceptors (Lipinski definition) is 1. The molecule has 2 rings (SSSR count). The maximum atomic E-state index is 13.1. The van der Waals surface area contributed by atoms with Crippen molar-refractivity contribution in [3.8, 4) is 0 Å². The molecular formula is C18H26FIN4. The van der Waals surface area contributed by atoms with Gasteiger partial charge >= 0.3 is 0 Å². The molecule has 0 saturated heterocycles. The van der Waals surface area contributed by atoms with E-state index in [0.29, 0.717) is 6.54 Å². The highest BCUT2D eigenvalue weighted by Crippen LogP contribution is 2.05. The second-order valence-electron chi connectivity index (χ2n) is 5.54. The van der Waals surface area contributed by atoms with Crippen LogP contribution in [0.3, 0.4) is 0 Å². The standard InChI is InChI=1S/C18H25FN4.HI/c1-3-20-18(22-13-16-9-11-23(2)14-16)21-10-5-7-15-6-4-8-17(19)12-15;/h4,6,8-9,11-12,14H,3,5,7,10,13H2,1-2H3,(H2,20,21,22);1H. The van der Waals surface area contributed by atoms with E-state index < -0.39 is 0 Å². The first-order chi connectivity index (χ1) is 11.2. The van der Waals surface area contributed by atoms with Gasteiger partial charge in [0.1, 0.15) is 5.82 Å². The summed E-state index contributed by atoms with van der Waals surface area (Å²) in [6, 6.07) is 8.84. The van der Waals surface area contributed by atoms with E-state index in [9.17, 15) is 4.39 Å². The number of nitrogens with zero attached hydrogens (tertiary/aromatic N) is 2. The van der Waals surface area contributed by atoms with E-state index in [1.807, 2.05) is 30.8 Å². The van der Waals surface area contributed by atoms with E-state index in [2.05, 4.69) is 27.9 Å². The lowest BCUT2D eigenvalue weighted by atomic mass is 10.1. The van der Waals surface area contributed by atoms with E-state index in [1.165, 1.54) is 11.6 Å². The fraction of sp³-hybridized carbons (Fsp3) is 0.389. The molecule has 4 nitrogen and oxygen atoms in total. The molecule has 2 N–H and O–H groups in total. The van der Waals surface area contributed by atoms with Crippen LogP contribution in [0, 0.1) is 5.82 Å². The van der Waals surface area contributed by atoms with Crippen molar-refractivity contribution in [1.29, 1.82) is 0 Å². The Bertz CT molecular complexity index is 639. The average Bonchev–Trinajstić information content (AvgIpc) is 2.94. The molecule has 2 aromatic rings. The van der Waals surface area contributed by atoms with Crippen LogP contribution in [0.15, 0.2) is 47.7 Å². The van der Waals surface area contributed by atoms with Crippen LogP contribution in [0.1, 0.15) is 24.5 Å². The van der Waals surface area contributed by atoms with Gasteiger partial charge in [-0.25, -0.2) is 9.38 Å². The van der Waals surface area contributed by atoms with E-state index in [-0.39, 0.29) is 29.8 Å². The highest BCUT2D eigenvalue weighted by molar-refractivity contribution is 14.0. The zero-order valence-electron chi connectivity index (χ0n) is 14.3. The van der Waals surface area contributed by atoms with Crippen LogP contribution in [0.2, 0.25) is 0 Å². The summed E-state index contributed by atoms with van der Waals surface area (Å²) >= 11 is 0. The van der Waals surface area contributed by atoms with Gasteiger partial charge in [0.05, 0.1) is 6.54 Å². The number of aromatic nitrogens is 1. The van der Waals surface area contributed by atoms with Gasteiger partial charge in [-0.15, -0.1) is 24.0 Å². The first-order valence-corrected chi connectivity index (χ1v) is 8.05. The smallest absolute Gasteiger partial charge is 0.191 e. The Hall–Kier alpha value is -1.57. The lowest BCUT2D eigenvalue weighted by Gasteiger charge is -2.11. The van der Waals surface area contributed by atoms with Gasteiger partial charge in [0.25, 0.3) is 0 Å². The maximum Gasteiger partial charge on any atom is 0.191 e. The first-order valence-electron chi connectivity index (χ1n) is 8.05. The minimum Gasteiger partial charge on any atom is -0.357 e. The van der Waals surface area contributed by atoms with Crippen LogP contribution in [0.4, 0.5) is 4.39 Å². The van der Waals surface area contributed by atoms with Crippen molar-refractivity contribution >= 4 is 29.9 Å². The van der Waals surface area contributed by atoms with Crippen molar-refractivity contribution in [2.24, 2.45) is 12.0 Å². The van der Waals surface area contributed by atoms with Gasteiger partial charge in [-0.2, -0.15) is 0 Å². The third-order valence-electron chi connectivity index (χ3n) is 3.48. The van der Waals surface area contributed by atoms with Crippen molar-refractivity contribution in [2.75, 3.05) is 13.1 Å². The molecule has 24 heavy (non-hydrogen) atoms. The minimum absolute atomic E-state index is 0. The van der Waals surface area contributed by atoms with Gasteiger partial charge in [0, 0.05) is 32.5 Å². The largest absolute Gasteiger partial charge is 0.357 e. The number of rotatable bonds is 7. The Morgan fingerprint density at radius 1 is 1.21 bits per heavy atom.